The van der Waals surface area contributed by atoms with Gasteiger partial charge in [0.25, 0.3) is 12.3 Å². The van der Waals surface area contributed by atoms with Gasteiger partial charge in [0.1, 0.15) is 18.5 Å². The average Bonchev–Trinajstić information content (AvgIpc) is 2.66. The molecule has 2 rings (SSSR count). The summed E-state index contributed by atoms with van der Waals surface area (Å²) >= 11 is 0. The number of alkyl halides is 2. The molecule has 0 unspecified atom stereocenters. The average molecular weight is 403 g/mol. The van der Waals surface area contributed by atoms with Crippen LogP contribution in [0.1, 0.15) is 0 Å². The molecule has 154 valence electrons. The van der Waals surface area contributed by atoms with E-state index in [4.69, 9.17) is 10.5 Å². The van der Waals surface area contributed by atoms with Crippen LogP contribution in [0.15, 0.2) is 18.2 Å². The van der Waals surface area contributed by atoms with Crippen LogP contribution < -0.4 is 26.6 Å². The zero-order valence-electron chi connectivity index (χ0n) is 14.7. The largest absolute Gasteiger partial charge is 0.370 e. The molecule has 1 aliphatic rings. The number of ether oxygens (including phenoxy) is 1. The molecular weight excluding hydrogens is 383 g/mol. The van der Waals surface area contributed by atoms with Crippen LogP contribution in [0.3, 0.4) is 0 Å². The summed E-state index contributed by atoms with van der Waals surface area (Å²) in [5, 5.41) is 6.25. The van der Waals surface area contributed by atoms with Gasteiger partial charge in [0.2, 0.25) is 5.91 Å². The third-order valence-electron chi connectivity index (χ3n) is 3.78. The summed E-state index contributed by atoms with van der Waals surface area (Å²) in [6, 6.07) is 1.52. The van der Waals surface area contributed by atoms with Crippen LogP contribution in [0, 0.1) is 5.82 Å². The number of benzene rings is 1. The van der Waals surface area contributed by atoms with Gasteiger partial charge in [-0.05, 0) is 18.2 Å². The minimum atomic E-state index is -2.75. The van der Waals surface area contributed by atoms with E-state index in [9.17, 15) is 27.6 Å². The zero-order valence-corrected chi connectivity index (χ0v) is 14.7. The van der Waals surface area contributed by atoms with Crippen LogP contribution >= 0.6 is 0 Å². The predicted octanol–water partition coefficient (Wildman–Crippen LogP) is 0.0190. The van der Waals surface area contributed by atoms with Crippen molar-refractivity contribution in [1.29, 1.82) is 0 Å². The van der Waals surface area contributed by atoms with Crippen molar-refractivity contribution in [1.82, 2.24) is 10.6 Å². The van der Waals surface area contributed by atoms with Crippen molar-refractivity contribution in [3.63, 3.8) is 0 Å². The van der Waals surface area contributed by atoms with E-state index in [1.807, 2.05) is 5.32 Å². The predicted molar refractivity (Wildman–Crippen MR) is 93.6 cm³/mol. The summed E-state index contributed by atoms with van der Waals surface area (Å²) < 4.78 is 43.5. The lowest BCUT2D eigenvalue weighted by Crippen LogP contribution is -2.52. The standard InChI is InChI=1S/C16H20F3N5O4/c17-10-5-9(24-3-4-28-8-14(24)25)1-2-11(10)22-15(26)12(6-20)23-16(27)21-7-13(18)19/h1-2,5,12-13H,3-4,6-8,20H2,(H,22,26)(H2,21,23,27)/t12-/m1/s1. The number of morpholine rings is 1. The molecule has 1 saturated heterocycles. The summed E-state index contributed by atoms with van der Waals surface area (Å²) in [5.41, 5.74) is 5.52. The Labute approximate surface area is 158 Å². The lowest BCUT2D eigenvalue weighted by atomic mass is 10.2. The number of nitrogens with one attached hydrogen (secondary N) is 3. The third-order valence-corrected chi connectivity index (χ3v) is 3.78. The number of nitrogens with two attached hydrogens (primary N) is 1. The molecule has 0 spiro atoms. The quantitative estimate of drug-likeness (QED) is 0.511. The Morgan fingerprint density at radius 3 is 2.68 bits per heavy atom. The van der Waals surface area contributed by atoms with Gasteiger partial charge in [-0.15, -0.1) is 0 Å². The highest BCUT2D eigenvalue weighted by atomic mass is 19.3. The molecule has 28 heavy (non-hydrogen) atoms. The summed E-state index contributed by atoms with van der Waals surface area (Å²) in [4.78, 5) is 36.8. The molecule has 1 aromatic carbocycles. The van der Waals surface area contributed by atoms with Gasteiger partial charge in [-0.3, -0.25) is 9.59 Å². The van der Waals surface area contributed by atoms with Gasteiger partial charge in [-0.25, -0.2) is 18.0 Å². The Hall–Kier alpha value is -2.86. The number of hydrogen-bond donors (Lipinski definition) is 4. The number of urea groups is 1. The van der Waals surface area contributed by atoms with Gasteiger partial charge in [0.05, 0.1) is 18.8 Å². The number of nitrogens with zero attached hydrogens (tertiary/aromatic N) is 1. The number of halogens is 3. The summed E-state index contributed by atoms with van der Waals surface area (Å²) in [5.74, 6) is -1.95. The fourth-order valence-corrected chi connectivity index (χ4v) is 2.39. The Balaban J connectivity index is 2.00. The minimum absolute atomic E-state index is 0.0996. The van der Waals surface area contributed by atoms with Crippen LogP contribution in [-0.4, -0.2) is 63.2 Å². The van der Waals surface area contributed by atoms with Crippen LogP contribution in [0.25, 0.3) is 0 Å². The molecule has 4 amide bonds. The third kappa shape index (κ3) is 5.82. The minimum Gasteiger partial charge on any atom is -0.370 e. The highest BCUT2D eigenvalue weighted by Crippen LogP contribution is 2.23. The van der Waals surface area contributed by atoms with Crippen LogP contribution in [-0.2, 0) is 14.3 Å². The smallest absolute Gasteiger partial charge is 0.315 e. The first-order valence-corrected chi connectivity index (χ1v) is 8.33. The number of rotatable bonds is 7. The SMILES string of the molecule is NC[C@@H](NC(=O)NCC(F)F)C(=O)Nc1ccc(N2CCOCC2=O)cc1F. The molecule has 0 radical (unpaired) electrons. The molecule has 9 nitrogen and oxygen atoms in total. The molecule has 1 atom stereocenters. The van der Waals surface area contributed by atoms with Gasteiger partial charge in [0.15, 0.2) is 0 Å². The van der Waals surface area contributed by atoms with Crippen LogP contribution in [0.5, 0.6) is 0 Å². The lowest BCUT2D eigenvalue weighted by molar-refractivity contribution is -0.125. The molecule has 1 aromatic rings. The Kier molecular flexibility index (Phi) is 7.58. The fourth-order valence-electron chi connectivity index (χ4n) is 2.39. The zero-order chi connectivity index (χ0) is 20.7. The van der Waals surface area contributed by atoms with Crippen molar-refractivity contribution in [3.8, 4) is 0 Å². The highest BCUT2D eigenvalue weighted by molar-refractivity contribution is 5.98. The maximum absolute atomic E-state index is 14.3. The van der Waals surface area contributed by atoms with Gasteiger partial charge in [-0.1, -0.05) is 0 Å². The fraction of sp³-hybridized carbons (Fsp3) is 0.438. The summed E-state index contributed by atoms with van der Waals surface area (Å²) in [7, 11) is 0. The van der Waals surface area contributed by atoms with E-state index in [0.717, 1.165) is 6.07 Å². The van der Waals surface area contributed by atoms with Gasteiger partial charge in [0, 0.05) is 18.8 Å². The number of carbonyl (C=O) groups is 3. The summed E-state index contributed by atoms with van der Waals surface area (Å²) in [6.07, 6.45) is -2.75. The maximum Gasteiger partial charge on any atom is 0.315 e. The second-order valence-electron chi connectivity index (χ2n) is 5.79. The Morgan fingerprint density at radius 1 is 1.32 bits per heavy atom. The normalized spacial score (nSPS) is 15.3. The first-order chi connectivity index (χ1) is 13.3. The molecule has 0 aromatic heterocycles. The van der Waals surface area contributed by atoms with E-state index < -0.39 is 36.8 Å². The first kappa shape index (κ1) is 21.4. The number of anilines is 2. The molecule has 1 aliphatic heterocycles. The van der Waals surface area contributed by atoms with E-state index in [0.29, 0.717) is 12.3 Å². The summed E-state index contributed by atoms with van der Waals surface area (Å²) in [6.45, 7) is -0.727. The molecule has 0 bridgehead atoms. The second kappa shape index (κ2) is 9.90. The monoisotopic (exact) mass is 403 g/mol. The topological polar surface area (TPSA) is 126 Å². The maximum atomic E-state index is 14.3. The van der Waals surface area contributed by atoms with Crippen LogP contribution in [0.2, 0.25) is 0 Å². The second-order valence-corrected chi connectivity index (χ2v) is 5.79. The highest BCUT2D eigenvalue weighted by Gasteiger charge is 2.23. The van der Waals surface area contributed by atoms with Crippen LogP contribution in [0.4, 0.5) is 29.3 Å². The Morgan fingerprint density at radius 2 is 2.07 bits per heavy atom. The number of amides is 4. The molecule has 1 fully saturated rings. The van der Waals surface area contributed by atoms with E-state index in [1.54, 1.807) is 0 Å². The van der Waals surface area contributed by atoms with E-state index >= 15 is 0 Å². The number of hydrogen-bond acceptors (Lipinski definition) is 5. The van der Waals surface area contributed by atoms with Crippen molar-refractivity contribution >= 4 is 29.2 Å². The molecular formula is C16H20F3N5O4. The van der Waals surface area contributed by atoms with E-state index in [2.05, 4.69) is 10.6 Å². The molecule has 12 heteroatoms. The Bertz CT molecular complexity index is 734. The van der Waals surface area contributed by atoms with Gasteiger partial charge in [-0.2, -0.15) is 0 Å². The molecule has 5 N–H and O–H groups in total. The van der Waals surface area contributed by atoms with Crippen molar-refractivity contribution in [3.05, 3.63) is 24.0 Å². The number of carbonyl (C=O) groups excluding carboxylic acids is 3. The van der Waals surface area contributed by atoms with Crippen molar-refractivity contribution in [2.45, 2.75) is 12.5 Å². The van der Waals surface area contributed by atoms with Crippen molar-refractivity contribution < 1.29 is 32.3 Å². The molecule has 1 heterocycles. The van der Waals surface area contributed by atoms with E-state index in [1.165, 1.54) is 17.0 Å². The lowest BCUT2D eigenvalue weighted by Gasteiger charge is -2.27. The van der Waals surface area contributed by atoms with Crippen molar-refractivity contribution in [2.24, 2.45) is 5.73 Å². The first-order valence-electron chi connectivity index (χ1n) is 8.33. The molecule has 0 saturated carbocycles. The van der Waals surface area contributed by atoms with E-state index in [-0.39, 0.29) is 31.3 Å². The molecule has 0 aliphatic carbocycles. The van der Waals surface area contributed by atoms with Crippen molar-refractivity contribution in [2.75, 3.05) is 43.1 Å². The van der Waals surface area contributed by atoms with Gasteiger partial charge >= 0.3 is 6.03 Å². The van der Waals surface area contributed by atoms with Gasteiger partial charge < -0.3 is 31.3 Å².